The fourth-order valence-corrected chi connectivity index (χ4v) is 4.37. The van der Waals surface area contributed by atoms with Crippen LogP contribution in [0.15, 0.2) is 48.6 Å². The molecule has 1 aliphatic heterocycles. The number of benzene rings is 2. The summed E-state index contributed by atoms with van der Waals surface area (Å²) in [5.74, 6) is 2.14. The highest BCUT2D eigenvalue weighted by Crippen LogP contribution is 2.50. The molecule has 0 saturated carbocycles. The lowest BCUT2D eigenvalue weighted by Gasteiger charge is -2.38. The summed E-state index contributed by atoms with van der Waals surface area (Å²) >= 11 is 0. The first kappa shape index (κ1) is 18.4. The number of fused-ring (bicyclic) bond motifs is 3. The molecule has 5 heteroatoms. The van der Waals surface area contributed by atoms with Crippen molar-refractivity contribution in [1.82, 2.24) is 5.32 Å². The largest absolute Gasteiger partial charge is 0.493 e. The quantitative estimate of drug-likeness (QED) is 0.763. The third kappa shape index (κ3) is 3.11. The number of nitrogens with one attached hydrogen (secondary N) is 2. The first-order valence-corrected chi connectivity index (χ1v) is 9.73. The number of hydrogen-bond acceptors (Lipinski definition) is 4. The number of hydrogen-bond donors (Lipinski definition) is 2. The second-order valence-electron chi connectivity index (χ2n) is 7.25. The van der Waals surface area contributed by atoms with Crippen LogP contribution in [0.25, 0.3) is 0 Å². The molecule has 1 heterocycles. The van der Waals surface area contributed by atoms with Crippen molar-refractivity contribution >= 4 is 11.6 Å². The van der Waals surface area contributed by atoms with Crippen LogP contribution in [0.5, 0.6) is 11.5 Å². The summed E-state index contributed by atoms with van der Waals surface area (Å²) in [4.78, 5) is 12.3. The molecule has 0 fully saturated rings. The van der Waals surface area contributed by atoms with Crippen molar-refractivity contribution in [2.45, 2.75) is 25.3 Å². The molecule has 4 rings (SSSR count). The molecule has 1 amide bonds. The molecule has 2 aliphatic rings. The Labute approximate surface area is 165 Å². The molecular weight excluding hydrogens is 352 g/mol. The van der Waals surface area contributed by atoms with E-state index in [1.165, 1.54) is 11.1 Å². The highest BCUT2D eigenvalue weighted by molar-refractivity contribution is 5.95. The summed E-state index contributed by atoms with van der Waals surface area (Å²) in [6.45, 7) is 2.56. The van der Waals surface area contributed by atoms with E-state index in [1.807, 2.05) is 31.2 Å². The molecule has 2 aromatic carbocycles. The van der Waals surface area contributed by atoms with Crippen LogP contribution < -0.4 is 20.1 Å². The summed E-state index contributed by atoms with van der Waals surface area (Å²) < 4.78 is 10.9. The van der Waals surface area contributed by atoms with Gasteiger partial charge in [0.1, 0.15) is 0 Å². The van der Waals surface area contributed by atoms with E-state index < -0.39 is 0 Å². The lowest BCUT2D eigenvalue weighted by atomic mass is 9.76. The molecule has 2 aromatic rings. The Bertz CT molecular complexity index is 922. The van der Waals surface area contributed by atoms with E-state index in [0.29, 0.717) is 23.9 Å². The van der Waals surface area contributed by atoms with E-state index in [2.05, 4.69) is 34.9 Å². The lowest BCUT2D eigenvalue weighted by molar-refractivity contribution is 0.0955. The topological polar surface area (TPSA) is 59.6 Å². The van der Waals surface area contributed by atoms with Gasteiger partial charge in [0.05, 0.1) is 20.3 Å². The lowest BCUT2D eigenvalue weighted by Crippen LogP contribution is -2.30. The van der Waals surface area contributed by atoms with Crippen molar-refractivity contribution in [3.05, 3.63) is 65.2 Å². The molecule has 146 valence electrons. The normalized spacial score (nSPS) is 22.0. The molecule has 5 nitrogen and oxygen atoms in total. The maximum absolute atomic E-state index is 12.3. The van der Waals surface area contributed by atoms with Crippen LogP contribution in [0.3, 0.4) is 0 Å². The van der Waals surface area contributed by atoms with Crippen molar-refractivity contribution in [1.29, 1.82) is 0 Å². The summed E-state index contributed by atoms with van der Waals surface area (Å²) in [6.07, 6.45) is 5.53. The van der Waals surface area contributed by atoms with Crippen molar-refractivity contribution in [3.8, 4) is 11.5 Å². The van der Waals surface area contributed by atoms with Crippen LogP contribution in [0.4, 0.5) is 5.69 Å². The molecule has 2 N–H and O–H groups in total. The van der Waals surface area contributed by atoms with Crippen LogP contribution in [0.2, 0.25) is 0 Å². The van der Waals surface area contributed by atoms with Crippen LogP contribution in [0, 0.1) is 5.92 Å². The van der Waals surface area contributed by atoms with Gasteiger partial charge in [-0.05, 0) is 60.7 Å². The van der Waals surface area contributed by atoms with Crippen molar-refractivity contribution in [2.24, 2.45) is 5.92 Å². The molecule has 1 aliphatic carbocycles. The second-order valence-corrected chi connectivity index (χ2v) is 7.25. The third-order valence-corrected chi connectivity index (χ3v) is 5.73. The molecule has 28 heavy (non-hydrogen) atoms. The number of rotatable bonds is 5. The molecule has 0 radical (unpaired) electrons. The number of anilines is 1. The Kier molecular flexibility index (Phi) is 4.99. The highest BCUT2D eigenvalue weighted by atomic mass is 16.5. The maximum Gasteiger partial charge on any atom is 0.251 e. The van der Waals surface area contributed by atoms with Gasteiger partial charge in [0.2, 0.25) is 0 Å². The van der Waals surface area contributed by atoms with Gasteiger partial charge in [-0.25, -0.2) is 0 Å². The maximum atomic E-state index is 12.3. The number of allylic oxidation sites excluding steroid dienone is 2. The van der Waals surface area contributed by atoms with Gasteiger partial charge in [-0.15, -0.1) is 0 Å². The van der Waals surface area contributed by atoms with Gasteiger partial charge < -0.3 is 20.1 Å². The van der Waals surface area contributed by atoms with Gasteiger partial charge in [-0.3, -0.25) is 4.79 Å². The van der Waals surface area contributed by atoms with Crippen LogP contribution in [0.1, 0.15) is 46.8 Å². The van der Waals surface area contributed by atoms with Crippen LogP contribution in [-0.4, -0.2) is 26.7 Å². The zero-order valence-electron chi connectivity index (χ0n) is 16.5. The Morgan fingerprint density at radius 2 is 1.96 bits per heavy atom. The zero-order valence-corrected chi connectivity index (χ0v) is 16.5. The first-order valence-electron chi connectivity index (χ1n) is 9.73. The minimum absolute atomic E-state index is 0.0224. The molecule has 0 saturated heterocycles. The third-order valence-electron chi connectivity index (χ3n) is 5.73. The Hall–Kier alpha value is -2.95. The second kappa shape index (κ2) is 7.58. The Morgan fingerprint density at radius 3 is 2.71 bits per heavy atom. The van der Waals surface area contributed by atoms with E-state index in [1.54, 1.807) is 14.2 Å². The summed E-state index contributed by atoms with van der Waals surface area (Å²) in [5, 5.41) is 6.59. The molecule has 3 atom stereocenters. The standard InChI is InChI=1S/C23H26N2O3/c1-4-24-23(26)15-8-10-19-18(12-15)16-6-5-7-17(16)22(25-19)14-9-11-20(27-2)21(13-14)28-3/h5-6,8-13,16-17,22,25H,4,7H2,1-3H3,(H,24,26). The van der Waals surface area contributed by atoms with Gasteiger partial charge >= 0.3 is 0 Å². The fourth-order valence-electron chi connectivity index (χ4n) is 4.37. The van der Waals surface area contributed by atoms with Gasteiger partial charge in [0.25, 0.3) is 5.91 Å². The van der Waals surface area contributed by atoms with Crippen LogP contribution >= 0.6 is 0 Å². The van der Waals surface area contributed by atoms with E-state index >= 15 is 0 Å². The summed E-state index contributed by atoms with van der Waals surface area (Å²) in [7, 11) is 3.31. The van der Waals surface area contributed by atoms with Crippen molar-refractivity contribution < 1.29 is 14.3 Å². The van der Waals surface area contributed by atoms with Crippen molar-refractivity contribution in [2.75, 3.05) is 26.1 Å². The minimum atomic E-state index is -0.0224. The number of carbonyl (C=O) groups is 1. The predicted molar refractivity (Wildman–Crippen MR) is 110 cm³/mol. The fraction of sp³-hybridized carbons (Fsp3) is 0.348. The van der Waals surface area contributed by atoms with Crippen LogP contribution in [-0.2, 0) is 0 Å². The monoisotopic (exact) mass is 378 g/mol. The van der Waals surface area contributed by atoms with E-state index in [4.69, 9.17) is 9.47 Å². The summed E-state index contributed by atoms with van der Waals surface area (Å²) in [5.41, 5.74) is 4.17. The molecule has 0 aromatic heterocycles. The van der Waals surface area contributed by atoms with Crippen molar-refractivity contribution in [3.63, 3.8) is 0 Å². The SMILES string of the molecule is CCNC(=O)c1ccc2c(c1)C1C=CCC1C(c1ccc(OC)c(OC)c1)N2. The molecule has 0 spiro atoms. The Balaban J connectivity index is 1.70. The first-order chi connectivity index (χ1) is 13.7. The average Bonchev–Trinajstić information content (AvgIpc) is 3.22. The number of ether oxygens (including phenoxy) is 2. The van der Waals surface area contributed by atoms with Gasteiger partial charge in [-0.1, -0.05) is 18.2 Å². The highest BCUT2D eigenvalue weighted by Gasteiger charge is 2.38. The molecule has 3 unspecified atom stereocenters. The number of amides is 1. The smallest absolute Gasteiger partial charge is 0.251 e. The summed E-state index contributed by atoms with van der Waals surface area (Å²) in [6, 6.07) is 12.2. The molecular formula is C23H26N2O3. The van der Waals surface area contributed by atoms with Gasteiger partial charge in [0.15, 0.2) is 11.5 Å². The van der Waals surface area contributed by atoms with Gasteiger partial charge in [-0.2, -0.15) is 0 Å². The minimum Gasteiger partial charge on any atom is -0.493 e. The Morgan fingerprint density at radius 1 is 1.14 bits per heavy atom. The van der Waals surface area contributed by atoms with Gasteiger partial charge in [0, 0.05) is 23.7 Å². The van der Waals surface area contributed by atoms with E-state index in [9.17, 15) is 4.79 Å². The molecule has 0 bridgehead atoms. The average molecular weight is 378 g/mol. The predicted octanol–water partition coefficient (Wildman–Crippen LogP) is 4.28. The number of carbonyl (C=O) groups excluding carboxylic acids is 1. The number of methoxy groups -OCH3 is 2. The van der Waals surface area contributed by atoms with E-state index in [-0.39, 0.29) is 11.9 Å². The van der Waals surface area contributed by atoms with E-state index in [0.717, 1.165) is 23.6 Å². The zero-order chi connectivity index (χ0) is 19.7.